The number of esters is 1. The van der Waals surface area contributed by atoms with E-state index in [9.17, 15) is 14.0 Å². The maximum atomic E-state index is 14.5. The summed E-state index contributed by atoms with van der Waals surface area (Å²) in [5.74, 6) is -1.67. The highest BCUT2D eigenvalue weighted by atomic mass is 79.9. The quantitative estimate of drug-likeness (QED) is 0.776. The van der Waals surface area contributed by atoms with E-state index in [-0.39, 0.29) is 35.5 Å². The maximum absolute atomic E-state index is 14.5. The summed E-state index contributed by atoms with van der Waals surface area (Å²) in [5, 5.41) is 0. The molecule has 25 heavy (non-hydrogen) atoms. The molecule has 0 heterocycles. The van der Waals surface area contributed by atoms with Gasteiger partial charge in [0.05, 0.1) is 18.4 Å². The smallest absolute Gasteiger partial charge is 0.310 e. The van der Waals surface area contributed by atoms with Crippen molar-refractivity contribution in [3.05, 3.63) is 34.1 Å². The lowest BCUT2D eigenvalue weighted by Gasteiger charge is -2.40. The number of primary amides is 1. The lowest BCUT2D eigenvalue weighted by atomic mass is 9.62. The van der Waals surface area contributed by atoms with Crippen LogP contribution in [-0.2, 0) is 20.7 Å². The molecule has 0 radical (unpaired) electrons. The molecular weight excluding hydrogens is 389 g/mol. The van der Waals surface area contributed by atoms with Gasteiger partial charge in [-0.1, -0.05) is 22.0 Å². The maximum Gasteiger partial charge on any atom is 0.310 e. The number of rotatable bonds is 4. The van der Waals surface area contributed by atoms with Gasteiger partial charge in [0.1, 0.15) is 5.82 Å². The molecule has 3 aliphatic rings. The largest absolute Gasteiger partial charge is 0.469 e. The third kappa shape index (κ3) is 2.15. The van der Waals surface area contributed by atoms with E-state index in [2.05, 4.69) is 15.9 Å². The van der Waals surface area contributed by atoms with Crippen molar-refractivity contribution in [3.63, 3.8) is 0 Å². The molecule has 0 saturated heterocycles. The SMILES string of the molecule is COC(=O)[C@@H]1[C@H]2CC[C@@H](C23CC3)[C@@]1(Cc1ccc(Br)cc1F)C(N)=O. The second kappa shape index (κ2) is 5.53. The van der Waals surface area contributed by atoms with Gasteiger partial charge in [0.2, 0.25) is 5.91 Å². The minimum atomic E-state index is -1.05. The lowest BCUT2D eigenvalue weighted by molar-refractivity contribution is -0.158. The second-order valence-corrected chi connectivity index (χ2v) is 8.70. The summed E-state index contributed by atoms with van der Waals surface area (Å²) in [5.41, 5.74) is 5.30. The van der Waals surface area contributed by atoms with Crippen LogP contribution in [0, 0.1) is 34.4 Å². The molecule has 3 fully saturated rings. The molecule has 3 aliphatic carbocycles. The van der Waals surface area contributed by atoms with E-state index >= 15 is 0 Å². The van der Waals surface area contributed by atoms with Crippen LogP contribution in [0.25, 0.3) is 0 Å². The van der Waals surface area contributed by atoms with E-state index in [1.807, 2.05) is 0 Å². The van der Waals surface area contributed by atoms with Crippen molar-refractivity contribution in [1.29, 1.82) is 0 Å². The van der Waals surface area contributed by atoms with Crippen LogP contribution in [0.5, 0.6) is 0 Å². The van der Waals surface area contributed by atoms with Crippen molar-refractivity contribution in [1.82, 2.24) is 0 Å². The first-order valence-electron chi connectivity index (χ1n) is 8.68. The fourth-order valence-corrected chi connectivity index (χ4v) is 6.35. The molecule has 6 heteroatoms. The third-order valence-corrected chi connectivity index (χ3v) is 7.51. The Hall–Kier alpha value is -1.43. The Morgan fingerprint density at radius 1 is 1.36 bits per heavy atom. The van der Waals surface area contributed by atoms with Crippen molar-refractivity contribution in [2.45, 2.75) is 32.1 Å². The van der Waals surface area contributed by atoms with Crippen LogP contribution >= 0.6 is 15.9 Å². The third-order valence-electron chi connectivity index (χ3n) is 7.02. The van der Waals surface area contributed by atoms with Crippen LogP contribution in [0.2, 0.25) is 0 Å². The van der Waals surface area contributed by atoms with Gasteiger partial charge in [-0.3, -0.25) is 9.59 Å². The number of ether oxygens (including phenoxy) is 1. The molecule has 1 amide bonds. The Kier molecular flexibility index (Phi) is 3.76. The van der Waals surface area contributed by atoms with Crippen molar-refractivity contribution >= 4 is 27.8 Å². The zero-order chi connectivity index (χ0) is 18.0. The first kappa shape index (κ1) is 17.0. The molecule has 1 aromatic carbocycles. The summed E-state index contributed by atoms with van der Waals surface area (Å²) in [6.45, 7) is 0. The Bertz CT molecular complexity index is 763. The molecule has 1 aromatic rings. The molecule has 0 aliphatic heterocycles. The highest BCUT2D eigenvalue weighted by Crippen LogP contribution is 2.78. The monoisotopic (exact) mass is 409 g/mol. The Morgan fingerprint density at radius 2 is 2.08 bits per heavy atom. The molecule has 2 N–H and O–H groups in total. The zero-order valence-corrected chi connectivity index (χ0v) is 15.6. The fourth-order valence-electron chi connectivity index (χ4n) is 6.01. The van der Waals surface area contributed by atoms with E-state index in [4.69, 9.17) is 10.5 Å². The highest BCUT2D eigenvalue weighted by molar-refractivity contribution is 9.10. The summed E-state index contributed by atoms with van der Waals surface area (Å²) in [4.78, 5) is 25.4. The fraction of sp³-hybridized carbons (Fsp3) is 0.579. The van der Waals surface area contributed by atoms with E-state index in [0.717, 1.165) is 25.7 Å². The average molecular weight is 410 g/mol. The molecule has 4 atom stereocenters. The van der Waals surface area contributed by atoms with Crippen molar-refractivity contribution in [3.8, 4) is 0 Å². The van der Waals surface area contributed by atoms with E-state index < -0.39 is 17.2 Å². The van der Waals surface area contributed by atoms with E-state index in [1.54, 1.807) is 12.1 Å². The number of halogens is 2. The van der Waals surface area contributed by atoms with Crippen LogP contribution in [0.1, 0.15) is 31.2 Å². The number of hydrogen-bond acceptors (Lipinski definition) is 3. The van der Waals surface area contributed by atoms with Gasteiger partial charge in [0, 0.05) is 4.47 Å². The Labute approximate surface area is 154 Å². The second-order valence-electron chi connectivity index (χ2n) is 7.79. The normalized spacial score (nSPS) is 34.3. The van der Waals surface area contributed by atoms with Crippen molar-refractivity contribution in [2.24, 2.45) is 34.3 Å². The number of benzene rings is 1. The summed E-state index contributed by atoms with van der Waals surface area (Å²) in [6.07, 6.45) is 3.99. The van der Waals surface area contributed by atoms with Crippen molar-refractivity contribution in [2.75, 3.05) is 7.11 Å². The molecule has 1 spiro atoms. The van der Waals surface area contributed by atoms with Gasteiger partial charge < -0.3 is 10.5 Å². The first-order valence-corrected chi connectivity index (χ1v) is 9.48. The number of hydrogen-bond donors (Lipinski definition) is 1. The van der Waals surface area contributed by atoms with Gasteiger partial charge in [-0.05, 0) is 67.1 Å². The molecule has 4 nitrogen and oxygen atoms in total. The van der Waals surface area contributed by atoms with Gasteiger partial charge in [0.15, 0.2) is 0 Å². The minimum Gasteiger partial charge on any atom is -0.469 e. The zero-order valence-electron chi connectivity index (χ0n) is 14.1. The van der Waals surface area contributed by atoms with Crippen LogP contribution < -0.4 is 5.73 Å². The average Bonchev–Trinajstić information content (AvgIpc) is 3.23. The summed E-state index contributed by atoms with van der Waals surface area (Å²) in [6, 6.07) is 4.81. The molecule has 134 valence electrons. The van der Waals surface area contributed by atoms with Crippen LogP contribution in [0.15, 0.2) is 22.7 Å². The summed E-state index contributed by atoms with van der Waals surface area (Å²) in [7, 11) is 1.35. The highest BCUT2D eigenvalue weighted by Gasteiger charge is 2.77. The van der Waals surface area contributed by atoms with Crippen LogP contribution in [-0.4, -0.2) is 19.0 Å². The van der Waals surface area contributed by atoms with E-state index in [1.165, 1.54) is 13.2 Å². The van der Waals surface area contributed by atoms with Gasteiger partial charge in [-0.25, -0.2) is 4.39 Å². The number of nitrogens with two attached hydrogens (primary N) is 1. The van der Waals surface area contributed by atoms with Crippen LogP contribution in [0.3, 0.4) is 0 Å². The van der Waals surface area contributed by atoms with Gasteiger partial charge in [0.25, 0.3) is 0 Å². The molecule has 3 saturated carbocycles. The summed E-state index contributed by atoms with van der Waals surface area (Å²) < 4.78 is 20.2. The molecule has 0 unspecified atom stereocenters. The number of amides is 1. The van der Waals surface area contributed by atoms with Gasteiger partial charge in [-0.2, -0.15) is 0 Å². The van der Waals surface area contributed by atoms with Gasteiger partial charge >= 0.3 is 5.97 Å². The number of methoxy groups -OCH3 is 1. The molecular formula is C19H21BrFNO3. The van der Waals surface area contributed by atoms with E-state index in [0.29, 0.717) is 10.0 Å². The van der Waals surface area contributed by atoms with Gasteiger partial charge in [-0.15, -0.1) is 0 Å². The Morgan fingerprint density at radius 3 is 2.64 bits per heavy atom. The minimum absolute atomic E-state index is 0.0275. The summed E-state index contributed by atoms with van der Waals surface area (Å²) >= 11 is 3.25. The predicted molar refractivity (Wildman–Crippen MR) is 92.8 cm³/mol. The topological polar surface area (TPSA) is 69.4 Å². The standard InChI is InChI=1S/C19H21BrFNO3/c1-25-16(23)15-12-4-5-14(18(12)6-7-18)19(15,17(22)24)9-10-2-3-11(20)8-13(10)21/h2-3,8,12,14-15H,4-7,9H2,1H3,(H2,22,24)/t12-,14+,15+,19-/m1/s1. The van der Waals surface area contributed by atoms with Crippen LogP contribution in [0.4, 0.5) is 4.39 Å². The molecule has 2 bridgehead atoms. The lowest BCUT2D eigenvalue weighted by Crippen LogP contribution is -2.52. The first-order chi connectivity index (χ1) is 11.9. The van der Waals surface area contributed by atoms with Crippen molar-refractivity contribution < 1.29 is 18.7 Å². The molecule has 4 rings (SSSR count). The number of carbonyl (C=O) groups is 2. The predicted octanol–water partition coefficient (Wildman–Crippen LogP) is 3.21. The Balaban J connectivity index is 1.83. The molecule has 0 aromatic heterocycles. The number of carbonyl (C=O) groups excluding carboxylic acids is 2.